The van der Waals surface area contributed by atoms with Crippen molar-refractivity contribution in [3.05, 3.63) is 35.0 Å². The topological polar surface area (TPSA) is 71.8 Å². The summed E-state index contributed by atoms with van der Waals surface area (Å²) in [4.78, 5) is 25.2. The van der Waals surface area contributed by atoms with Gasteiger partial charge in [0.1, 0.15) is 6.54 Å². The SMILES string of the molecule is COCCn1c(C)c(C)c2cc(C(=O)N(CC(=O)O)C(C)C)ccc21. The molecule has 6 heteroatoms. The normalized spacial score (nSPS) is 11.3. The smallest absolute Gasteiger partial charge is 0.323 e. The highest BCUT2D eigenvalue weighted by Gasteiger charge is 2.22. The fourth-order valence-corrected chi connectivity index (χ4v) is 3.05. The van der Waals surface area contributed by atoms with Crippen LogP contribution in [0, 0.1) is 13.8 Å². The summed E-state index contributed by atoms with van der Waals surface area (Å²) in [7, 11) is 1.67. The molecule has 1 amide bonds. The summed E-state index contributed by atoms with van der Waals surface area (Å²) in [5.41, 5.74) is 3.82. The van der Waals surface area contributed by atoms with Crippen molar-refractivity contribution in [1.29, 1.82) is 0 Å². The van der Waals surface area contributed by atoms with Crippen molar-refractivity contribution < 1.29 is 19.4 Å². The van der Waals surface area contributed by atoms with Crippen molar-refractivity contribution in [3.8, 4) is 0 Å². The second-order valence-corrected chi connectivity index (χ2v) is 6.51. The van der Waals surface area contributed by atoms with E-state index in [2.05, 4.69) is 11.5 Å². The van der Waals surface area contributed by atoms with Gasteiger partial charge in [0, 0.05) is 41.9 Å². The van der Waals surface area contributed by atoms with Gasteiger partial charge in [0.05, 0.1) is 6.61 Å². The number of carboxylic acids is 1. The lowest BCUT2D eigenvalue weighted by molar-refractivity contribution is -0.138. The monoisotopic (exact) mass is 346 g/mol. The molecule has 0 unspecified atom stereocenters. The van der Waals surface area contributed by atoms with E-state index in [9.17, 15) is 9.59 Å². The first-order chi connectivity index (χ1) is 11.8. The largest absolute Gasteiger partial charge is 0.480 e. The number of hydrogen-bond acceptors (Lipinski definition) is 3. The fraction of sp³-hybridized carbons (Fsp3) is 0.474. The van der Waals surface area contributed by atoms with Crippen LogP contribution in [0.2, 0.25) is 0 Å². The molecule has 25 heavy (non-hydrogen) atoms. The molecule has 0 aliphatic carbocycles. The first kappa shape index (κ1) is 19.0. The second-order valence-electron chi connectivity index (χ2n) is 6.51. The Hall–Kier alpha value is -2.34. The molecule has 136 valence electrons. The van der Waals surface area contributed by atoms with E-state index >= 15 is 0 Å². The maximum Gasteiger partial charge on any atom is 0.323 e. The predicted octanol–water partition coefficient (Wildman–Crippen LogP) is 2.84. The molecule has 0 aliphatic heterocycles. The number of carbonyl (C=O) groups is 2. The number of benzene rings is 1. The molecule has 0 saturated carbocycles. The van der Waals surface area contributed by atoms with Crippen molar-refractivity contribution >= 4 is 22.8 Å². The molecule has 2 rings (SSSR count). The number of aryl methyl sites for hydroxylation is 1. The van der Waals surface area contributed by atoms with Crippen LogP contribution in [-0.4, -0.2) is 52.8 Å². The molecule has 1 aromatic heterocycles. The van der Waals surface area contributed by atoms with Crippen molar-refractivity contribution in [2.75, 3.05) is 20.3 Å². The van der Waals surface area contributed by atoms with Gasteiger partial charge in [0.2, 0.25) is 0 Å². The molecule has 0 aliphatic rings. The number of aromatic nitrogens is 1. The Kier molecular flexibility index (Phi) is 5.85. The Morgan fingerprint density at radius 2 is 1.96 bits per heavy atom. The lowest BCUT2D eigenvalue weighted by atomic mass is 10.1. The molecule has 0 fully saturated rings. The average Bonchev–Trinajstić information content (AvgIpc) is 2.80. The minimum absolute atomic E-state index is 0.187. The number of aliphatic carboxylic acids is 1. The summed E-state index contributed by atoms with van der Waals surface area (Å²) >= 11 is 0. The number of nitrogens with zero attached hydrogens (tertiary/aromatic N) is 2. The predicted molar refractivity (Wildman–Crippen MR) is 97.1 cm³/mol. The van der Waals surface area contributed by atoms with Crippen LogP contribution in [0.1, 0.15) is 35.5 Å². The molecule has 1 N–H and O–H groups in total. The van der Waals surface area contributed by atoms with Gasteiger partial charge >= 0.3 is 5.97 Å². The van der Waals surface area contributed by atoms with Gasteiger partial charge in [-0.2, -0.15) is 0 Å². The van der Waals surface area contributed by atoms with Crippen LogP contribution in [0.3, 0.4) is 0 Å². The van der Waals surface area contributed by atoms with Crippen LogP contribution >= 0.6 is 0 Å². The number of ether oxygens (including phenoxy) is 1. The number of hydrogen-bond donors (Lipinski definition) is 1. The third-order valence-electron chi connectivity index (χ3n) is 4.59. The van der Waals surface area contributed by atoms with Crippen LogP contribution in [0.5, 0.6) is 0 Å². The van der Waals surface area contributed by atoms with Gasteiger partial charge in [0.25, 0.3) is 5.91 Å². The number of amides is 1. The summed E-state index contributed by atoms with van der Waals surface area (Å²) in [5, 5.41) is 10.1. The molecule has 2 aromatic rings. The van der Waals surface area contributed by atoms with E-state index in [0.717, 1.165) is 28.7 Å². The van der Waals surface area contributed by atoms with Gasteiger partial charge in [-0.15, -0.1) is 0 Å². The summed E-state index contributed by atoms with van der Waals surface area (Å²) in [6.07, 6.45) is 0. The molecular formula is C19H26N2O4. The number of rotatable bonds is 7. The molecule has 6 nitrogen and oxygen atoms in total. The molecule has 0 bridgehead atoms. The van der Waals surface area contributed by atoms with E-state index in [1.165, 1.54) is 4.90 Å². The quantitative estimate of drug-likeness (QED) is 0.837. The lowest BCUT2D eigenvalue weighted by Crippen LogP contribution is -2.40. The molecule has 0 radical (unpaired) electrons. The van der Waals surface area contributed by atoms with Gasteiger partial charge in [-0.05, 0) is 51.5 Å². The van der Waals surface area contributed by atoms with Crippen LogP contribution in [0.4, 0.5) is 0 Å². The fourth-order valence-electron chi connectivity index (χ4n) is 3.05. The van der Waals surface area contributed by atoms with E-state index in [1.807, 2.05) is 32.9 Å². The third kappa shape index (κ3) is 3.85. The standard InChI is InChI=1S/C19H26N2O4/c1-12(2)21(11-18(22)23)19(24)15-6-7-17-16(10-15)13(3)14(4)20(17)8-9-25-5/h6-7,10,12H,8-9,11H2,1-5H3,(H,22,23). The van der Waals surface area contributed by atoms with E-state index in [4.69, 9.17) is 9.84 Å². The summed E-state index contributed by atoms with van der Waals surface area (Å²) in [6.45, 7) is 8.78. The molecule has 1 heterocycles. The minimum Gasteiger partial charge on any atom is -0.480 e. The van der Waals surface area contributed by atoms with Gasteiger partial charge in [-0.25, -0.2) is 0 Å². The highest BCUT2D eigenvalue weighted by Crippen LogP contribution is 2.27. The molecule has 0 atom stereocenters. The van der Waals surface area contributed by atoms with Crippen LogP contribution < -0.4 is 0 Å². The second kappa shape index (κ2) is 7.70. The van der Waals surface area contributed by atoms with E-state index in [-0.39, 0.29) is 18.5 Å². The molecule has 0 spiro atoms. The van der Waals surface area contributed by atoms with Gasteiger partial charge in [0.15, 0.2) is 0 Å². The summed E-state index contributed by atoms with van der Waals surface area (Å²) in [5.74, 6) is -1.28. The van der Waals surface area contributed by atoms with Crippen molar-refractivity contribution in [3.63, 3.8) is 0 Å². The highest BCUT2D eigenvalue weighted by molar-refractivity contribution is 6.00. The molecular weight excluding hydrogens is 320 g/mol. The van der Waals surface area contributed by atoms with Gasteiger partial charge in [-0.3, -0.25) is 9.59 Å². The van der Waals surface area contributed by atoms with Gasteiger partial charge in [-0.1, -0.05) is 0 Å². The summed E-state index contributed by atoms with van der Waals surface area (Å²) in [6, 6.07) is 5.37. The van der Waals surface area contributed by atoms with E-state index in [0.29, 0.717) is 12.2 Å². The number of methoxy groups -OCH3 is 1. The average molecular weight is 346 g/mol. The Balaban J connectivity index is 2.45. The van der Waals surface area contributed by atoms with Crippen molar-refractivity contribution in [2.24, 2.45) is 0 Å². The zero-order chi connectivity index (χ0) is 18.7. The van der Waals surface area contributed by atoms with E-state index < -0.39 is 5.97 Å². The first-order valence-electron chi connectivity index (χ1n) is 8.39. The molecule has 0 saturated heterocycles. The van der Waals surface area contributed by atoms with Crippen molar-refractivity contribution in [2.45, 2.75) is 40.3 Å². The summed E-state index contributed by atoms with van der Waals surface area (Å²) < 4.78 is 7.36. The Labute approximate surface area is 148 Å². The number of carboxylic acid groups (broad SMARTS) is 1. The number of carbonyl (C=O) groups excluding carboxylic acids is 1. The lowest BCUT2D eigenvalue weighted by Gasteiger charge is -2.25. The highest BCUT2D eigenvalue weighted by atomic mass is 16.5. The van der Waals surface area contributed by atoms with Gasteiger partial charge < -0.3 is 19.3 Å². The number of fused-ring (bicyclic) bond motifs is 1. The van der Waals surface area contributed by atoms with Crippen LogP contribution in [0.15, 0.2) is 18.2 Å². The minimum atomic E-state index is -1.01. The molecule has 1 aromatic carbocycles. The van der Waals surface area contributed by atoms with Crippen molar-refractivity contribution in [1.82, 2.24) is 9.47 Å². The maximum atomic E-state index is 12.8. The first-order valence-corrected chi connectivity index (χ1v) is 8.39. The maximum absolute atomic E-state index is 12.8. The zero-order valence-corrected chi connectivity index (χ0v) is 15.5. The van der Waals surface area contributed by atoms with Crippen LogP contribution in [-0.2, 0) is 16.1 Å². The zero-order valence-electron chi connectivity index (χ0n) is 15.5. The Morgan fingerprint density at radius 1 is 1.28 bits per heavy atom. The van der Waals surface area contributed by atoms with Crippen LogP contribution in [0.25, 0.3) is 10.9 Å². The third-order valence-corrected chi connectivity index (χ3v) is 4.59. The Bertz CT molecular complexity index is 792. The Morgan fingerprint density at radius 3 is 2.52 bits per heavy atom. The van der Waals surface area contributed by atoms with E-state index in [1.54, 1.807) is 13.2 Å².